The molecule has 20 heavy (non-hydrogen) atoms. The van der Waals surface area contributed by atoms with Crippen molar-refractivity contribution in [2.75, 3.05) is 19.3 Å². The summed E-state index contributed by atoms with van der Waals surface area (Å²) in [6, 6.07) is 15.5. The fourth-order valence-corrected chi connectivity index (χ4v) is 4.39. The van der Waals surface area contributed by atoms with Gasteiger partial charge in [-0.2, -0.15) is 0 Å². The topological polar surface area (TPSA) is 38.0 Å². The van der Waals surface area contributed by atoms with E-state index in [1.165, 1.54) is 35.1 Å². The van der Waals surface area contributed by atoms with Crippen LogP contribution in [0.4, 0.5) is 5.69 Å². The summed E-state index contributed by atoms with van der Waals surface area (Å²) < 4.78 is 0. The Hall–Kier alpha value is -1.80. The van der Waals surface area contributed by atoms with Gasteiger partial charge in [-0.1, -0.05) is 30.3 Å². The summed E-state index contributed by atoms with van der Waals surface area (Å²) in [5.74, 6) is 0.556. The Kier molecular flexibility index (Phi) is 2.45. The number of nitrogen functional groups attached to an aromatic ring is 1. The first-order valence-corrected chi connectivity index (χ1v) is 7.40. The zero-order chi connectivity index (χ0) is 13.7. The minimum Gasteiger partial charge on any atom is -0.399 e. The van der Waals surface area contributed by atoms with Gasteiger partial charge in [-0.15, -0.1) is 0 Å². The molecule has 2 aromatic rings. The molecule has 2 atom stereocenters. The third-order valence-electron chi connectivity index (χ3n) is 5.16. The van der Waals surface area contributed by atoms with Crippen LogP contribution in [0.1, 0.15) is 41.0 Å². The first-order chi connectivity index (χ1) is 9.76. The molecule has 0 spiro atoms. The molecule has 3 aliphatic rings. The molecular weight excluding hydrogens is 244 g/mol. The number of likely N-dealkylation sites (N-methyl/N-ethyl adjacent to an activating group) is 1. The van der Waals surface area contributed by atoms with Gasteiger partial charge >= 0.3 is 0 Å². The van der Waals surface area contributed by atoms with Gasteiger partial charge in [-0.3, -0.25) is 0 Å². The van der Waals surface area contributed by atoms with E-state index in [9.17, 15) is 0 Å². The standard InChI is InChI=1S/C18H20N2/c1-20-11-18-9-8-13(14-4-2-3-5-16(14)18)15-7-6-12(19)10-17(15)18/h2-7,10,13,20H,8-9,11,19H2,1H3. The van der Waals surface area contributed by atoms with E-state index in [0.717, 1.165) is 12.2 Å². The minimum atomic E-state index is 0.102. The normalized spacial score (nSPS) is 26.1. The van der Waals surface area contributed by atoms with Crippen molar-refractivity contribution in [3.8, 4) is 0 Å². The largest absolute Gasteiger partial charge is 0.399 e. The lowest BCUT2D eigenvalue weighted by Crippen LogP contribution is -2.46. The zero-order valence-corrected chi connectivity index (χ0v) is 11.8. The molecule has 0 heterocycles. The molecule has 102 valence electrons. The maximum atomic E-state index is 6.07. The van der Waals surface area contributed by atoms with E-state index in [0.29, 0.717) is 5.92 Å². The van der Waals surface area contributed by atoms with Crippen LogP contribution in [0, 0.1) is 0 Å². The Morgan fingerprint density at radius 3 is 2.80 bits per heavy atom. The lowest BCUT2D eigenvalue weighted by atomic mass is 9.55. The number of anilines is 1. The molecule has 2 aromatic carbocycles. The minimum absolute atomic E-state index is 0.102. The molecule has 5 rings (SSSR count). The number of benzene rings is 2. The van der Waals surface area contributed by atoms with E-state index < -0.39 is 0 Å². The molecule has 2 bridgehead atoms. The van der Waals surface area contributed by atoms with Crippen molar-refractivity contribution in [3.63, 3.8) is 0 Å². The highest BCUT2D eigenvalue weighted by atomic mass is 14.8. The van der Waals surface area contributed by atoms with Crippen LogP contribution < -0.4 is 11.1 Å². The predicted octanol–water partition coefficient (Wildman–Crippen LogP) is 3.01. The molecule has 0 saturated heterocycles. The van der Waals surface area contributed by atoms with Gasteiger partial charge in [0.1, 0.15) is 0 Å². The van der Waals surface area contributed by atoms with Crippen LogP contribution in [0.15, 0.2) is 42.5 Å². The maximum absolute atomic E-state index is 6.07. The van der Waals surface area contributed by atoms with E-state index in [1.807, 2.05) is 7.05 Å². The molecule has 2 unspecified atom stereocenters. The van der Waals surface area contributed by atoms with E-state index in [-0.39, 0.29) is 5.41 Å². The zero-order valence-electron chi connectivity index (χ0n) is 11.8. The summed E-state index contributed by atoms with van der Waals surface area (Å²) in [4.78, 5) is 0. The van der Waals surface area contributed by atoms with E-state index in [4.69, 9.17) is 5.73 Å². The molecule has 3 aliphatic carbocycles. The summed E-state index contributed by atoms with van der Waals surface area (Å²) in [5.41, 5.74) is 13.0. The summed E-state index contributed by atoms with van der Waals surface area (Å²) in [5, 5.41) is 3.41. The second-order valence-electron chi connectivity index (χ2n) is 6.14. The molecule has 2 heteroatoms. The molecule has 0 radical (unpaired) electrons. The Morgan fingerprint density at radius 2 is 1.95 bits per heavy atom. The summed E-state index contributed by atoms with van der Waals surface area (Å²) in [6.07, 6.45) is 2.46. The number of hydrogen-bond donors (Lipinski definition) is 2. The highest BCUT2D eigenvalue weighted by molar-refractivity contribution is 5.62. The van der Waals surface area contributed by atoms with Crippen LogP contribution in [-0.2, 0) is 5.41 Å². The van der Waals surface area contributed by atoms with Crippen LogP contribution in [0.2, 0.25) is 0 Å². The number of nitrogens with two attached hydrogens (primary N) is 1. The molecular formula is C18H20N2. The Bertz CT molecular complexity index is 677. The van der Waals surface area contributed by atoms with Gasteiger partial charge in [0.2, 0.25) is 0 Å². The average Bonchev–Trinajstić information content (AvgIpc) is 2.48. The lowest BCUT2D eigenvalue weighted by Gasteiger charge is -2.49. The molecule has 0 amide bonds. The van der Waals surface area contributed by atoms with Gasteiger partial charge in [0.25, 0.3) is 0 Å². The first kappa shape index (κ1) is 12.0. The third kappa shape index (κ3) is 1.37. The predicted molar refractivity (Wildman–Crippen MR) is 83.1 cm³/mol. The Morgan fingerprint density at radius 1 is 1.15 bits per heavy atom. The molecule has 3 N–H and O–H groups in total. The summed E-state index contributed by atoms with van der Waals surface area (Å²) in [7, 11) is 2.05. The van der Waals surface area contributed by atoms with Gasteiger partial charge in [0.15, 0.2) is 0 Å². The summed E-state index contributed by atoms with van der Waals surface area (Å²) in [6.45, 7) is 0.979. The van der Waals surface area contributed by atoms with Crippen molar-refractivity contribution in [2.45, 2.75) is 24.2 Å². The number of fused-ring (bicyclic) bond motifs is 1. The highest BCUT2D eigenvalue weighted by Gasteiger charge is 2.47. The number of nitrogens with one attached hydrogen (secondary N) is 1. The fraction of sp³-hybridized carbons (Fsp3) is 0.333. The van der Waals surface area contributed by atoms with Gasteiger partial charge < -0.3 is 11.1 Å². The van der Waals surface area contributed by atoms with Crippen LogP contribution >= 0.6 is 0 Å². The van der Waals surface area contributed by atoms with Crippen molar-refractivity contribution in [3.05, 3.63) is 64.7 Å². The van der Waals surface area contributed by atoms with Gasteiger partial charge in [-0.25, -0.2) is 0 Å². The molecule has 0 aromatic heterocycles. The second kappa shape index (κ2) is 4.10. The van der Waals surface area contributed by atoms with Crippen molar-refractivity contribution >= 4 is 5.69 Å². The smallest absolute Gasteiger partial charge is 0.0334 e. The van der Waals surface area contributed by atoms with Crippen molar-refractivity contribution in [1.82, 2.24) is 5.32 Å². The number of rotatable bonds is 2. The van der Waals surface area contributed by atoms with Crippen LogP contribution in [0.25, 0.3) is 0 Å². The highest BCUT2D eigenvalue weighted by Crippen LogP contribution is 2.56. The van der Waals surface area contributed by atoms with Crippen LogP contribution in [0.3, 0.4) is 0 Å². The molecule has 0 saturated carbocycles. The Balaban J connectivity index is 2.04. The van der Waals surface area contributed by atoms with E-state index in [2.05, 4.69) is 47.8 Å². The average molecular weight is 264 g/mol. The van der Waals surface area contributed by atoms with Crippen LogP contribution in [0.5, 0.6) is 0 Å². The Labute approximate surface area is 120 Å². The first-order valence-electron chi connectivity index (χ1n) is 7.40. The molecule has 2 nitrogen and oxygen atoms in total. The molecule has 0 fully saturated rings. The lowest BCUT2D eigenvalue weighted by molar-refractivity contribution is 0.362. The van der Waals surface area contributed by atoms with E-state index in [1.54, 1.807) is 0 Å². The van der Waals surface area contributed by atoms with Gasteiger partial charge in [-0.05, 0) is 54.3 Å². The van der Waals surface area contributed by atoms with Crippen LogP contribution in [-0.4, -0.2) is 13.6 Å². The van der Waals surface area contributed by atoms with Crippen molar-refractivity contribution < 1.29 is 0 Å². The quantitative estimate of drug-likeness (QED) is 0.818. The van der Waals surface area contributed by atoms with Gasteiger partial charge in [0.05, 0.1) is 0 Å². The molecule has 0 aliphatic heterocycles. The number of hydrogen-bond acceptors (Lipinski definition) is 2. The van der Waals surface area contributed by atoms with Crippen molar-refractivity contribution in [2.24, 2.45) is 0 Å². The second-order valence-corrected chi connectivity index (χ2v) is 6.14. The SMILES string of the molecule is CNCC12CCC(c3ccccc31)c1ccc(N)cc12. The third-order valence-corrected chi connectivity index (χ3v) is 5.16. The summed E-state index contributed by atoms with van der Waals surface area (Å²) >= 11 is 0. The van der Waals surface area contributed by atoms with Gasteiger partial charge in [0, 0.05) is 23.6 Å². The monoisotopic (exact) mass is 264 g/mol. The fourth-order valence-electron chi connectivity index (χ4n) is 4.39. The maximum Gasteiger partial charge on any atom is 0.0334 e. The van der Waals surface area contributed by atoms with Crippen molar-refractivity contribution in [1.29, 1.82) is 0 Å². The van der Waals surface area contributed by atoms with E-state index >= 15 is 0 Å².